The van der Waals surface area contributed by atoms with E-state index in [2.05, 4.69) is 29.7 Å². The first kappa shape index (κ1) is 109. The Morgan fingerprint density at radius 2 is 0.556 bits per heavy atom. The molecule has 0 fully saturated rings. The smallest absolute Gasteiger partial charge is 0.404 e. The van der Waals surface area contributed by atoms with Crippen molar-refractivity contribution in [2.75, 3.05) is 26.4 Å². The van der Waals surface area contributed by atoms with Gasteiger partial charge in [0.2, 0.25) is 34.8 Å². The molecule has 35 nitrogen and oxygen atoms in total. The number of benzene rings is 5. The standard InChI is InChI=1S/C22H26N2O5.C20H23N3O4.C20H24N2O5.C19H23N3O5.C19H24N2O4/c1-6-29-17(25)8-7-9-24-19(18(13(2)3)21(27)23-22(24)28)20(26)16-11-14(4)10-15(5)12-16;1-11(2)16-17(18(25)14-9-12(3)8-13(4)10-14)23(7-5-6-15(21)24)20(27)22-19(16)26;1-11(2)16-17(18(24)15-9-12(3)8-13(4)10-15)22(6-7-27-14(5)23)20(26)21-19(16)25;1-10(2)14-15(16(23)13-8-11(3)7-12(4)9-13)22(5-6-27-18(20)25)19(26)21-17(14)24;1-11(2)15-16(17(23)14-9-12(3)8-13(4)10-14)21(6-5-7-22)19(25)20-18(15)24/h7-8,10-13H,6,9H2,1-5H3,(H,23,27,28);5-6,8-11H,7H2,1-4H3,(H2,21,24)(H,22,26,27);8-11H,6-7H2,1-5H3,(H,21,25,26);7-10H,5-6H2,1-4H3,(H2,20,25)(H,21,24,26);8-11,22H,5-7H2,1-4H3,(H,20,24,25)/b8-7+;6-5+;;;. The van der Waals surface area contributed by atoms with Gasteiger partial charge in [-0.2, -0.15) is 0 Å². The summed E-state index contributed by atoms with van der Waals surface area (Å²) >= 11 is 0. The number of aliphatic hydroxyl groups excluding tert-OH is 1. The van der Waals surface area contributed by atoms with Crippen LogP contribution in [0.3, 0.4) is 0 Å². The molecule has 0 aliphatic heterocycles. The highest BCUT2D eigenvalue weighted by molar-refractivity contribution is 6.12. The van der Waals surface area contributed by atoms with Gasteiger partial charge in [-0.3, -0.25) is 105 Å². The Morgan fingerprint density at radius 3 is 0.770 bits per heavy atom. The van der Waals surface area contributed by atoms with Crippen LogP contribution in [0.25, 0.3) is 0 Å². The maximum absolute atomic E-state index is 13.4. The van der Waals surface area contributed by atoms with Crippen LogP contribution in [-0.4, -0.2) is 132 Å². The van der Waals surface area contributed by atoms with Gasteiger partial charge in [-0.1, -0.05) is 167 Å². The Kier molecular flexibility index (Phi) is 39.4. The predicted octanol–water partition coefficient (Wildman–Crippen LogP) is 9.74. The molecule has 5 aromatic carbocycles. The van der Waals surface area contributed by atoms with E-state index in [1.165, 1.54) is 38.9 Å². The minimum Gasteiger partial charge on any atom is -0.464 e. The SMILES string of the molecule is CC(=O)OCCn1c(C(=O)c2cc(C)cc(C)c2)c(C(C)C)c(=O)[nH]c1=O.CCOC(=O)/C=C/Cn1c(C(=O)c2cc(C)cc(C)c2)c(C(C)C)c(=O)[nH]c1=O.Cc1cc(C)cc(C(=O)c2c(C(C)C)c(=O)[nH]c(=O)n2C/C=C/C(N)=O)c1.Cc1cc(C)cc(C(=O)c2c(C(C)C)c(=O)[nH]c(=O)n2CCCO)c1.Cc1cc(C)cc(C(=O)c2c(C(C)C)c(=O)[nH]c(=O)n2CCOC(N)=O)c1. The first-order chi connectivity index (χ1) is 63.2. The monoisotopic (exact) mass is 1860 g/mol. The molecule has 5 heterocycles. The zero-order chi connectivity index (χ0) is 101. The number of carbonyl (C=O) groups excluding carboxylic acids is 9. The highest BCUT2D eigenvalue weighted by Gasteiger charge is 2.31. The number of ether oxygens (including phenoxy) is 3. The lowest BCUT2D eigenvalue weighted by Crippen LogP contribution is -2.39. The van der Waals surface area contributed by atoms with Gasteiger partial charge in [-0.25, -0.2) is 33.6 Å². The van der Waals surface area contributed by atoms with E-state index in [4.69, 9.17) is 26.0 Å². The lowest BCUT2D eigenvalue weighted by Gasteiger charge is -2.17. The third-order valence-corrected chi connectivity index (χ3v) is 20.7. The molecule has 0 spiro atoms. The molecule has 2 amide bonds. The highest BCUT2D eigenvalue weighted by Crippen LogP contribution is 2.27. The molecule has 0 bridgehead atoms. The number of nitrogens with zero attached hydrogens (tertiary/aromatic N) is 5. The van der Waals surface area contributed by atoms with E-state index < -0.39 is 103 Å². The number of ketones is 5. The molecule has 35 heteroatoms. The van der Waals surface area contributed by atoms with E-state index in [0.29, 0.717) is 39.8 Å². The van der Waals surface area contributed by atoms with Crippen LogP contribution in [0.1, 0.15) is 283 Å². The first-order valence-corrected chi connectivity index (χ1v) is 43.7. The number of aryl methyl sites for hydroxylation is 10. The second-order valence-electron chi connectivity index (χ2n) is 34.1. The van der Waals surface area contributed by atoms with Gasteiger partial charge in [0.15, 0.2) is 0 Å². The summed E-state index contributed by atoms with van der Waals surface area (Å²) in [6.45, 7) is 39.3. The lowest BCUT2D eigenvalue weighted by molar-refractivity contribution is -0.141. The predicted molar refractivity (Wildman–Crippen MR) is 512 cm³/mol. The molecule has 10 N–H and O–H groups in total. The van der Waals surface area contributed by atoms with E-state index in [9.17, 15) is 91.1 Å². The number of carbonyl (C=O) groups is 9. The molecular formula is C100H120N12O23. The second kappa shape index (κ2) is 48.9. The zero-order valence-corrected chi connectivity index (χ0v) is 80.2. The molecule has 0 radical (unpaired) electrons. The average Bonchev–Trinajstić information content (AvgIpc) is 0.792. The molecule has 718 valence electrons. The van der Waals surface area contributed by atoms with Crippen molar-refractivity contribution in [3.05, 3.63) is 359 Å². The maximum atomic E-state index is 13.4. The Balaban J connectivity index is 0.000000259. The van der Waals surface area contributed by atoms with Gasteiger partial charge in [-0.05, 0) is 173 Å². The van der Waals surface area contributed by atoms with Crippen LogP contribution >= 0.6 is 0 Å². The van der Waals surface area contributed by atoms with Gasteiger partial charge in [0.25, 0.3) is 27.8 Å². The Hall–Kier alpha value is -15.0. The van der Waals surface area contributed by atoms with E-state index in [0.717, 1.165) is 70.8 Å². The molecule has 0 saturated carbocycles. The third-order valence-electron chi connectivity index (χ3n) is 20.7. The summed E-state index contributed by atoms with van der Waals surface area (Å²) in [5.74, 6) is -5.10. The number of hydrogen-bond donors (Lipinski definition) is 8. The number of nitrogens with two attached hydrogens (primary N) is 2. The molecule has 0 aliphatic rings. The zero-order valence-electron chi connectivity index (χ0n) is 80.2. The van der Waals surface area contributed by atoms with E-state index in [-0.39, 0.29) is 145 Å². The average molecular weight is 1860 g/mol. The molecule has 0 saturated heterocycles. The number of H-pyrrole nitrogens is 5. The second-order valence-corrected chi connectivity index (χ2v) is 34.1. The molecule has 5 aromatic heterocycles. The van der Waals surface area contributed by atoms with Gasteiger partial charge in [0.1, 0.15) is 41.7 Å². The number of aromatic nitrogens is 10. The lowest BCUT2D eigenvalue weighted by atomic mass is 9.95. The van der Waals surface area contributed by atoms with Crippen LogP contribution in [0.4, 0.5) is 4.79 Å². The van der Waals surface area contributed by atoms with Crippen molar-refractivity contribution in [1.29, 1.82) is 0 Å². The number of aliphatic hydroxyl groups is 1. The largest absolute Gasteiger partial charge is 0.464 e. The summed E-state index contributed by atoms with van der Waals surface area (Å²) in [7, 11) is 0. The topological polar surface area (TPSA) is 528 Å². The number of nitrogens with one attached hydrogen (secondary N) is 5. The van der Waals surface area contributed by atoms with Crippen molar-refractivity contribution in [1.82, 2.24) is 47.8 Å². The number of primary amides is 2. The van der Waals surface area contributed by atoms with Crippen molar-refractivity contribution in [3.63, 3.8) is 0 Å². The summed E-state index contributed by atoms with van der Waals surface area (Å²) in [5, 5.41) is 9.10. The molecule has 0 aliphatic carbocycles. The Labute approximate surface area is 777 Å². The van der Waals surface area contributed by atoms with Crippen LogP contribution in [0.15, 0.2) is 163 Å². The van der Waals surface area contributed by atoms with Crippen molar-refractivity contribution < 1.29 is 62.5 Å². The fraction of sp³-hybridized carbons (Fsp3) is 0.370. The number of hydrogen-bond acceptors (Lipinski definition) is 23. The molecule has 0 unspecified atom stereocenters. The first-order valence-electron chi connectivity index (χ1n) is 43.7. The van der Waals surface area contributed by atoms with Crippen LogP contribution < -0.4 is 67.7 Å². The fourth-order valence-electron chi connectivity index (χ4n) is 15.5. The summed E-state index contributed by atoms with van der Waals surface area (Å²) in [6, 6.07) is 26.9. The molecular weight excluding hydrogens is 1740 g/mol. The van der Waals surface area contributed by atoms with E-state index in [1.54, 1.807) is 123 Å². The highest BCUT2D eigenvalue weighted by atomic mass is 16.5. The quantitative estimate of drug-likeness (QED) is 0.00866. The van der Waals surface area contributed by atoms with Crippen molar-refractivity contribution in [2.24, 2.45) is 11.5 Å². The number of allylic oxidation sites excluding steroid dienone is 2. The van der Waals surface area contributed by atoms with Crippen LogP contribution in [0.5, 0.6) is 0 Å². The van der Waals surface area contributed by atoms with E-state index >= 15 is 0 Å². The van der Waals surface area contributed by atoms with E-state index in [1.807, 2.05) is 113 Å². The maximum Gasteiger partial charge on any atom is 0.404 e. The number of aromatic amines is 5. The van der Waals surface area contributed by atoms with Crippen LogP contribution in [-0.2, 0) is 61.3 Å². The number of rotatable bonds is 31. The minimum atomic E-state index is -0.987. The van der Waals surface area contributed by atoms with Gasteiger partial charge in [0, 0.05) is 101 Å². The van der Waals surface area contributed by atoms with Crippen molar-refractivity contribution in [2.45, 2.75) is 221 Å². The fourth-order valence-corrected chi connectivity index (χ4v) is 15.5. The summed E-state index contributed by atoms with van der Waals surface area (Å²) in [6.07, 6.45) is 4.44. The summed E-state index contributed by atoms with van der Waals surface area (Å²) in [5.41, 5.74) is 16.1. The Bertz CT molecular complexity index is 6660. The molecule has 10 rings (SSSR count). The van der Waals surface area contributed by atoms with Gasteiger partial charge in [-0.15, -0.1) is 0 Å². The van der Waals surface area contributed by atoms with Gasteiger partial charge < -0.3 is 30.8 Å². The van der Waals surface area contributed by atoms with Crippen LogP contribution in [0, 0.1) is 69.2 Å². The van der Waals surface area contributed by atoms with Gasteiger partial charge in [0.05, 0.1) is 19.7 Å². The summed E-state index contributed by atoms with van der Waals surface area (Å²) in [4.78, 5) is 246. The summed E-state index contributed by atoms with van der Waals surface area (Å²) < 4.78 is 20.3. The number of amides is 2. The molecule has 10 aromatic rings. The minimum absolute atomic E-state index is 0.00294. The number of esters is 2. The van der Waals surface area contributed by atoms with Crippen LogP contribution in [0.2, 0.25) is 0 Å². The van der Waals surface area contributed by atoms with Gasteiger partial charge >= 0.3 is 46.5 Å². The molecule has 0 atom stereocenters. The third kappa shape index (κ3) is 29.2. The van der Waals surface area contributed by atoms with Crippen molar-refractivity contribution in [3.8, 4) is 0 Å². The van der Waals surface area contributed by atoms with Crippen molar-refractivity contribution >= 4 is 52.9 Å². The molecule has 135 heavy (non-hydrogen) atoms. The Morgan fingerprint density at radius 1 is 0.333 bits per heavy atom. The normalized spacial score (nSPS) is 11.1.